The van der Waals surface area contributed by atoms with Gasteiger partial charge in [-0.1, -0.05) is 25.1 Å². The van der Waals surface area contributed by atoms with Gasteiger partial charge in [-0.2, -0.15) is 5.06 Å². The lowest BCUT2D eigenvalue weighted by Gasteiger charge is -2.22. The van der Waals surface area contributed by atoms with Gasteiger partial charge in [0.05, 0.1) is 5.52 Å². The Bertz CT molecular complexity index is 642. The number of para-hydroxylation sites is 1. The van der Waals surface area contributed by atoms with Crippen LogP contribution in [0.15, 0.2) is 24.3 Å². The van der Waals surface area contributed by atoms with Gasteiger partial charge >= 0.3 is 0 Å². The Balaban J connectivity index is 1.83. The molecule has 1 aromatic heterocycles. The van der Waals surface area contributed by atoms with Gasteiger partial charge in [0.15, 0.2) is 0 Å². The highest BCUT2D eigenvalue weighted by Gasteiger charge is 2.17. The third kappa shape index (κ3) is 3.23. The maximum atomic E-state index is 9.51. The molecule has 0 spiro atoms. The van der Waals surface area contributed by atoms with Gasteiger partial charge in [-0.25, -0.2) is 0 Å². The van der Waals surface area contributed by atoms with Crippen LogP contribution in [0.25, 0.3) is 10.9 Å². The first kappa shape index (κ1) is 15.3. The van der Waals surface area contributed by atoms with Crippen molar-refractivity contribution in [2.24, 2.45) is 0 Å². The van der Waals surface area contributed by atoms with E-state index in [9.17, 15) is 5.21 Å². The van der Waals surface area contributed by atoms with Gasteiger partial charge in [-0.3, -0.25) is 4.98 Å². The number of hydroxylamine groups is 2. The van der Waals surface area contributed by atoms with E-state index in [0.717, 1.165) is 31.3 Å². The van der Waals surface area contributed by atoms with Gasteiger partial charge in [0.2, 0.25) is 0 Å². The number of fused-ring (bicyclic) bond motifs is 2. The lowest BCUT2D eigenvalue weighted by molar-refractivity contribution is -0.0859. The second-order valence-electron chi connectivity index (χ2n) is 5.96. The lowest BCUT2D eigenvalue weighted by atomic mass is 9.92. The minimum absolute atomic E-state index is 0.674. The SMILES string of the molecule is CCN(O)CCCNc1c2c(nc3ccccc13)CCCC2. The van der Waals surface area contributed by atoms with Gasteiger partial charge in [0, 0.05) is 36.4 Å². The van der Waals surface area contributed by atoms with E-state index in [-0.39, 0.29) is 0 Å². The van der Waals surface area contributed by atoms with Crippen LogP contribution in [0.5, 0.6) is 0 Å². The van der Waals surface area contributed by atoms with E-state index in [1.54, 1.807) is 0 Å². The summed E-state index contributed by atoms with van der Waals surface area (Å²) in [7, 11) is 0. The minimum atomic E-state index is 0.674. The van der Waals surface area contributed by atoms with Crippen LogP contribution in [0.1, 0.15) is 37.4 Å². The fourth-order valence-corrected chi connectivity index (χ4v) is 3.21. The second-order valence-corrected chi connectivity index (χ2v) is 5.96. The van der Waals surface area contributed by atoms with Crippen molar-refractivity contribution >= 4 is 16.6 Å². The van der Waals surface area contributed by atoms with E-state index in [1.807, 2.05) is 6.92 Å². The van der Waals surface area contributed by atoms with Crippen molar-refractivity contribution in [2.75, 3.05) is 25.0 Å². The topological polar surface area (TPSA) is 48.4 Å². The second kappa shape index (κ2) is 7.07. The molecule has 1 aliphatic rings. The van der Waals surface area contributed by atoms with Gasteiger partial charge in [0.25, 0.3) is 0 Å². The molecule has 0 amide bonds. The maximum absolute atomic E-state index is 9.51. The van der Waals surface area contributed by atoms with Crippen molar-refractivity contribution in [3.8, 4) is 0 Å². The van der Waals surface area contributed by atoms with Crippen molar-refractivity contribution in [3.05, 3.63) is 35.5 Å². The van der Waals surface area contributed by atoms with Crippen molar-refractivity contribution < 1.29 is 5.21 Å². The monoisotopic (exact) mass is 299 g/mol. The Hall–Kier alpha value is -1.65. The number of anilines is 1. The van der Waals surface area contributed by atoms with E-state index in [0.29, 0.717) is 13.1 Å². The van der Waals surface area contributed by atoms with E-state index >= 15 is 0 Å². The largest absolute Gasteiger partial charge is 0.384 e. The van der Waals surface area contributed by atoms with Crippen LogP contribution in [0.3, 0.4) is 0 Å². The number of aromatic nitrogens is 1. The molecule has 22 heavy (non-hydrogen) atoms. The van der Waals surface area contributed by atoms with E-state index in [4.69, 9.17) is 4.98 Å². The van der Waals surface area contributed by atoms with Crippen molar-refractivity contribution in [1.82, 2.24) is 10.0 Å². The van der Waals surface area contributed by atoms with Gasteiger partial charge in [-0.15, -0.1) is 0 Å². The van der Waals surface area contributed by atoms with E-state index in [1.165, 1.54) is 40.2 Å². The van der Waals surface area contributed by atoms with Crippen LogP contribution in [-0.4, -0.2) is 34.9 Å². The number of pyridine rings is 1. The van der Waals surface area contributed by atoms with E-state index in [2.05, 4.69) is 29.6 Å². The molecule has 1 aromatic carbocycles. The summed E-state index contributed by atoms with van der Waals surface area (Å²) in [4.78, 5) is 4.86. The lowest BCUT2D eigenvalue weighted by Crippen LogP contribution is -2.22. The molecule has 0 saturated carbocycles. The number of nitrogens with zero attached hydrogens (tertiary/aromatic N) is 2. The maximum Gasteiger partial charge on any atom is 0.0726 e. The van der Waals surface area contributed by atoms with Crippen LogP contribution < -0.4 is 5.32 Å². The molecule has 4 heteroatoms. The zero-order valence-electron chi connectivity index (χ0n) is 13.3. The summed E-state index contributed by atoms with van der Waals surface area (Å²) in [5.41, 5.74) is 5.02. The molecule has 3 rings (SSSR count). The predicted octanol–water partition coefficient (Wildman–Crippen LogP) is 3.63. The summed E-state index contributed by atoms with van der Waals surface area (Å²) in [6.07, 6.45) is 5.64. The highest BCUT2D eigenvalue weighted by Crippen LogP contribution is 2.33. The van der Waals surface area contributed by atoms with Crippen molar-refractivity contribution in [1.29, 1.82) is 0 Å². The summed E-state index contributed by atoms with van der Waals surface area (Å²) < 4.78 is 0. The Morgan fingerprint density at radius 2 is 2.05 bits per heavy atom. The molecule has 4 nitrogen and oxygen atoms in total. The Morgan fingerprint density at radius 3 is 2.91 bits per heavy atom. The Morgan fingerprint density at radius 1 is 1.23 bits per heavy atom. The van der Waals surface area contributed by atoms with Crippen LogP contribution >= 0.6 is 0 Å². The van der Waals surface area contributed by atoms with Crippen LogP contribution in [0.2, 0.25) is 0 Å². The number of benzene rings is 1. The Labute approximate surface area is 132 Å². The summed E-state index contributed by atoms with van der Waals surface area (Å²) >= 11 is 0. The first-order valence-electron chi connectivity index (χ1n) is 8.37. The fourth-order valence-electron chi connectivity index (χ4n) is 3.21. The molecule has 0 fully saturated rings. The standard InChI is InChI=1S/C18H25N3O/c1-2-21(22)13-7-12-19-18-14-8-3-5-10-16(14)20-17-11-6-4-9-15(17)18/h3,5,8,10,22H,2,4,6-7,9,11-13H2,1H3,(H,19,20). The normalized spacial score (nSPS) is 14.3. The van der Waals surface area contributed by atoms with Gasteiger partial charge in [-0.05, 0) is 43.7 Å². The highest BCUT2D eigenvalue weighted by molar-refractivity contribution is 5.93. The Kier molecular flexibility index (Phi) is 4.90. The first-order chi connectivity index (χ1) is 10.8. The summed E-state index contributed by atoms with van der Waals surface area (Å²) in [5.74, 6) is 0. The van der Waals surface area contributed by atoms with Crippen molar-refractivity contribution in [2.45, 2.75) is 39.0 Å². The average molecular weight is 299 g/mol. The van der Waals surface area contributed by atoms with E-state index < -0.39 is 0 Å². The molecule has 2 N–H and O–H groups in total. The fraction of sp³-hybridized carbons (Fsp3) is 0.500. The molecule has 118 valence electrons. The number of rotatable bonds is 6. The molecule has 0 bridgehead atoms. The number of aryl methyl sites for hydroxylation is 1. The smallest absolute Gasteiger partial charge is 0.0726 e. The first-order valence-corrected chi connectivity index (χ1v) is 8.37. The summed E-state index contributed by atoms with van der Waals surface area (Å²) in [6.45, 7) is 4.21. The zero-order valence-corrected chi connectivity index (χ0v) is 13.3. The molecule has 0 saturated heterocycles. The third-order valence-electron chi connectivity index (χ3n) is 4.43. The molecule has 0 atom stereocenters. The molecule has 1 aliphatic carbocycles. The third-order valence-corrected chi connectivity index (χ3v) is 4.43. The quantitative estimate of drug-likeness (QED) is 0.632. The molecule has 0 aliphatic heterocycles. The van der Waals surface area contributed by atoms with Gasteiger partial charge in [0.1, 0.15) is 0 Å². The van der Waals surface area contributed by atoms with Crippen LogP contribution in [-0.2, 0) is 12.8 Å². The van der Waals surface area contributed by atoms with Crippen LogP contribution in [0, 0.1) is 0 Å². The van der Waals surface area contributed by atoms with Crippen molar-refractivity contribution in [3.63, 3.8) is 0 Å². The summed E-state index contributed by atoms with van der Waals surface area (Å²) in [5, 5.41) is 15.7. The molecule has 2 aromatic rings. The molecular formula is C18H25N3O. The molecule has 1 heterocycles. The van der Waals surface area contributed by atoms with Crippen LogP contribution in [0.4, 0.5) is 5.69 Å². The minimum Gasteiger partial charge on any atom is -0.384 e. The number of hydrogen-bond acceptors (Lipinski definition) is 4. The summed E-state index contributed by atoms with van der Waals surface area (Å²) in [6, 6.07) is 8.39. The molecule has 0 unspecified atom stereocenters. The predicted molar refractivity (Wildman–Crippen MR) is 90.5 cm³/mol. The number of nitrogens with one attached hydrogen (secondary N) is 1. The molecular weight excluding hydrogens is 274 g/mol. The average Bonchev–Trinajstić information content (AvgIpc) is 2.57. The number of hydrogen-bond donors (Lipinski definition) is 2. The highest BCUT2D eigenvalue weighted by atomic mass is 16.5. The zero-order chi connectivity index (χ0) is 15.4. The van der Waals surface area contributed by atoms with Gasteiger partial charge < -0.3 is 10.5 Å². The molecule has 0 radical (unpaired) electrons.